The van der Waals surface area contributed by atoms with Crippen molar-refractivity contribution in [3.05, 3.63) is 35.9 Å². The Morgan fingerprint density at radius 1 is 1.20 bits per heavy atom. The highest BCUT2D eigenvalue weighted by Gasteiger charge is 2.34. The maximum Gasteiger partial charge on any atom is 0.407 e. The zero-order chi connectivity index (χ0) is 18.4. The third-order valence-electron chi connectivity index (χ3n) is 4.16. The molecule has 3 atom stereocenters. The minimum Gasteiger partial charge on any atom is -0.461 e. The van der Waals surface area contributed by atoms with Crippen LogP contribution < -0.4 is 11.1 Å². The van der Waals surface area contributed by atoms with Crippen LogP contribution in [0.4, 0.5) is 4.79 Å². The summed E-state index contributed by atoms with van der Waals surface area (Å²) in [5.41, 5.74) is 6.56. The lowest BCUT2D eigenvalue weighted by Crippen LogP contribution is -2.52. The number of esters is 1. The summed E-state index contributed by atoms with van der Waals surface area (Å²) in [5, 5.41) is 2.80. The molecule has 0 spiro atoms. The standard InChI is InChI=1S/C19H28N2O4/c1-19(2,3)25-18(23)21-16-10-9-14(11-15(16)20)17(22)24-12-13-7-5-4-6-8-13/h4-8,14-16H,9-12,20H2,1-3H3,(H,21,23)/t14-,15-,16+/m1/s1. The molecule has 1 aromatic rings. The summed E-state index contributed by atoms with van der Waals surface area (Å²) in [5.74, 6) is -0.453. The summed E-state index contributed by atoms with van der Waals surface area (Å²) in [6.45, 7) is 5.70. The first-order valence-corrected chi connectivity index (χ1v) is 8.70. The molecule has 1 aliphatic rings. The van der Waals surface area contributed by atoms with E-state index in [2.05, 4.69) is 5.32 Å². The lowest BCUT2D eigenvalue weighted by atomic mass is 9.83. The molecule has 0 bridgehead atoms. The van der Waals surface area contributed by atoms with Gasteiger partial charge in [0.15, 0.2) is 0 Å². The minimum absolute atomic E-state index is 0.187. The van der Waals surface area contributed by atoms with Gasteiger partial charge >= 0.3 is 12.1 Å². The van der Waals surface area contributed by atoms with E-state index in [0.717, 1.165) is 5.56 Å². The highest BCUT2D eigenvalue weighted by molar-refractivity contribution is 5.73. The monoisotopic (exact) mass is 348 g/mol. The van der Waals surface area contributed by atoms with Gasteiger partial charge in [0.05, 0.1) is 5.92 Å². The van der Waals surface area contributed by atoms with E-state index in [4.69, 9.17) is 15.2 Å². The van der Waals surface area contributed by atoms with Crippen LogP contribution in [0.2, 0.25) is 0 Å². The van der Waals surface area contributed by atoms with Gasteiger partial charge in [-0.15, -0.1) is 0 Å². The van der Waals surface area contributed by atoms with E-state index >= 15 is 0 Å². The van der Waals surface area contributed by atoms with Crippen molar-refractivity contribution in [1.82, 2.24) is 5.32 Å². The molecule has 1 fully saturated rings. The average molecular weight is 348 g/mol. The molecule has 0 aliphatic heterocycles. The number of benzene rings is 1. The lowest BCUT2D eigenvalue weighted by molar-refractivity contribution is -0.151. The molecule has 0 unspecified atom stereocenters. The molecule has 1 aliphatic carbocycles. The second-order valence-corrected chi connectivity index (χ2v) is 7.52. The largest absolute Gasteiger partial charge is 0.461 e. The smallest absolute Gasteiger partial charge is 0.407 e. The van der Waals surface area contributed by atoms with Gasteiger partial charge in [0.25, 0.3) is 0 Å². The molecule has 138 valence electrons. The van der Waals surface area contributed by atoms with Crippen molar-refractivity contribution in [2.45, 2.75) is 64.3 Å². The molecule has 1 saturated carbocycles. The fourth-order valence-corrected chi connectivity index (χ4v) is 2.90. The summed E-state index contributed by atoms with van der Waals surface area (Å²) in [7, 11) is 0. The van der Waals surface area contributed by atoms with Crippen molar-refractivity contribution in [3.63, 3.8) is 0 Å². The second-order valence-electron chi connectivity index (χ2n) is 7.52. The highest BCUT2D eigenvalue weighted by atomic mass is 16.6. The molecule has 3 N–H and O–H groups in total. The van der Waals surface area contributed by atoms with Gasteiger partial charge in [-0.1, -0.05) is 30.3 Å². The van der Waals surface area contributed by atoms with Crippen molar-refractivity contribution in [3.8, 4) is 0 Å². The van der Waals surface area contributed by atoms with E-state index in [0.29, 0.717) is 19.3 Å². The molecular formula is C19H28N2O4. The van der Waals surface area contributed by atoms with E-state index in [1.807, 2.05) is 51.1 Å². The van der Waals surface area contributed by atoms with Crippen LogP contribution in [0, 0.1) is 5.92 Å². The van der Waals surface area contributed by atoms with Crippen LogP contribution in [0.15, 0.2) is 30.3 Å². The van der Waals surface area contributed by atoms with Gasteiger partial charge in [0, 0.05) is 12.1 Å². The lowest BCUT2D eigenvalue weighted by Gasteiger charge is -2.33. The Hall–Kier alpha value is -2.08. The van der Waals surface area contributed by atoms with Crippen molar-refractivity contribution in [2.75, 3.05) is 0 Å². The average Bonchev–Trinajstić information content (AvgIpc) is 2.53. The summed E-state index contributed by atoms with van der Waals surface area (Å²) < 4.78 is 10.6. The van der Waals surface area contributed by atoms with Crippen molar-refractivity contribution < 1.29 is 19.1 Å². The first kappa shape index (κ1) is 19.2. The van der Waals surface area contributed by atoms with Gasteiger partial charge in [0.2, 0.25) is 0 Å². The van der Waals surface area contributed by atoms with E-state index < -0.39 is 11.7 Å². The molecule has 1 amide bonds. The molecule has 0 radical (unpaired) electrons. The summed E-state index contributed by atoms with van der Waals surface area (Å²) in [6, 6.07) is 9.09. The number of amides is 1. The number of hydrogen-bond donors (Lipinski definition) is 2. The third kappa shape index (κ3) is 6.38. The van der Waals surface area contributed by atoms with Gasteiger partial charge < -0.3 is 20.5 Å². The number of alkyl carbamates (subject to hydrolysis) is 1. The molecule has 25 heavy (non-hydrogen) atoms. The summed E-state index contributed by atoms with van der Waals surface area (Å²) in [4.78, 5) is 24.1. The Morgan fingerprint density at radius 2 is 1.88 bits per heavy atom. The van der Waals surface area contributed by atoms with Crippen molar-refractivity contribution in [1.29, 1.82) is 0 Å². The van der Waals surface area contributed by atoms with Gasteiger partial charge in [-0.05, 0) is 45.6 Å². The SMILES string of the molecule is CC(C)(C)OC(=O)N[C@H]1CC[C@@H](C(=O)OCc2ccccc2)C[C@H]1N. The quantitative estimate of drug-likeness (QED) is 0.817. The molecular weight excluding hydrogens is 320 g/mol. The molecule has 0 saturated heterocycles. The Labute approximate surface area is 149 Å². The van der Waals surface area contributed by atoms with Crippen molar-refractivity contribution >= 4 is 12.1 Å². The van der Waals surface area contributed by atoms with Crippen LogP contribution in [-0.4, -0.2) is 29.7 Å². The molecule has 6 nitrogen and oxygen atoms in total. The maximum absolute atomic E-state index is 12.2. The topological polar surface area (TPSA) is 90.6 Å². The molecule has 1 aromatic carbocycles. The van der Waals surface area contributed by atoms with Crippen LogP contribution in [0.25, 0.3) is 0 Å². The number of carbonyl (C=O) groups excluding carboxylic acids is 2. The van der Waals surface area contributed by atoms with E-state index in [1.165, 1.54) is 0 Å². The molecule has 6 heteroatoms. The number of rotatable bonds is 4. The van der Waals surface area contributed by atoms with Crippen LogP contribution in [0.5, 0.6) is 0 Å². The fraction of sp³-hybridized carbons (Fsp3) is 0.579. The third-order valence-corrected chi connectivity index (χ3v) is 4.16. The van der Waals surface area contributed by atoms with Gasteiger partial charge in [-0.3, -0.25) is 4.79 Å². The molecule has 2 rings (SSSR count). The van der Waals surface area contributed by atoms with Gasteiger partial charge in [0.1, 0.15) is 12.2 Å². The Kier molecular flexibility index (Phi) is 6.42. The highest BCUT2D eigenvalue weighted by Crippen LogP contribution is 2.25. The van der Waals surface area contributed by atoms with Gasteiger partial charge in [-0.25, -0.2) is 4.79 Å². The number of ether oxygens (including phenoxy) is 2. The Morgan fingerprint density at radius 3 is 2.48 bits per heavy atom. The van der Waals surface area contributed by atoms with Crippen LogP contribution >= 0.6 is 0 Å². The summed E-state index contributed by atoms with van der Waals surface area (Å²) in [6.07, 6.45) is 1.29. The number of hydrogen-bond acceptors (Lipinski definition) is 5. The molecule has 0 aromatic heterocycles. The zero-order valence-electron chi connectivity index (χ0n) is 15.2. The van der Waals surface area contributed by atoms with Gasteiger partial charge in [-0.2, -0.15) is 0 Å². The number of nitrogens with two attached hydrogens (primary N) is 1. The van der Waals surface area contributed by atoms with E-state index in [1.54, 1.807) is 0 Å². The Balaban J connectivity index is 1.78. The maximum atomic E-state index is 12.2. The first-order chi connectivity index (χ1) is 11.7. The van der Waals surface area contributed by atoms with Crippen LogP contribution in [-0.2, 0) is 20.9 Å². The van der Waals surface area contributed by atoms with Crippen LogP contribution in [0.1, 0.15) is 45.6 Å². The second kappa shape index (κ2) is 8.34. The predicted octanol–water partition coefficient (Wildman–Crippen LogP) is 2.75. The van der Waals surface area contributed by atoms with Crippen LogP contribution in [0.3, 0.4) is 0 Å². The minimum atomic E-state index is -0.549. The molecule has 0 heterocycles. The summed E-state index contributed by atoms with van der Waals surface area (Å²) >= 11 is 0. The number of carbonyl (C=O) groups is 2. The fourth-order valence-electron chi connectivity index (χ4n) is 2.90. The number of nitrogens with one attached hydrogen (secondary N) is 1. The predicted molar refractivity (Wildman–Crippen MR) is 94.7 cm³/mol. The normalized spacial score (nSPS) is 23.6. The van der Waals surface area contributed by atoms with E-state index in [9.17, 15) is 9.59 Å². The first-order valence-electron chi connectivity index (χ1n) is 8.70. The van der Waals surface area contributed by atoms with Crippen molar-refractivity contribution in [2.24, 2.45) is 11.7 Å². The Bertz CT molecular complexity index is 583. The van der Waals surface area contributed by atoms with E-state index in [-0.39, 0.29) is 30.6 Å². The zero-order valence-corrected chi connectivity index (χ0v) is 15.2.